The van der Waals surface area contributed by atoms with Gasteiger partial charge in [0.1, 0.15) is 6.20 Å². The van der Waals surface area contributed by atoms with E-state index < -0.39 is 0 Å². The number of amides is 1. The first-order chi connectivity index (χ1) is 5.77. The van der Waals surface area contributed by atoms with Crippen molar-refractivity contribution in [2.24, 2.45) is 0 Å². The monoisotopic (exact) mass is 164 g/mol. The van der Waals surface area contributed by atoms with Crippen LogP contribution in [0.1, 0.15) is 12.6 Å². The van der Waals surface area contributed by atoms with Gasteiger partial charge in [-0.2, -0.15) is 5.10 Å². The lowest BCUT2D eigenvalue weighted by Gasteiger charge is -2.26. The molecule has 0 N–H and O–H groups in total. The SMILES string of the molecule is CC(=O)N1CCn2n[c]cc2C1. The van der Waals surface area contributed by atoms with Crippen molar-refractivity contribution in [1.29, 1.82) is 0 Å². The lowest BCUT2D eigenvalue weighted by molar-refractivity contribution is -0.130. The Morgan fingerprint density at radius 1 is 1.67 bits per heavy atom. The number of rotatable bonds is 0. The molecule has 0 atom stereocenters. The van der Waals surface area contributed by atoms with Crippen LogP contribution >= 0.6 is 0 Å². The number of aromatic nitrogens is 2. The summed E-state index contributed by atoms with van der Waals surface area (Å²) < 4.78 is 1.89. The molecule has 4 heteroatoms. The molecule has 1 aromatic rings. The molecule has 0 bridgehead atoms. The fraction of sp³-hybridized carbons (Fsp3) is 0.500. The van der Waals surface area contributed by atoms with Gasteiger partial charge in [-0.05, 0) is 6.07 Å². The Balaban J connectivity index is 2.20. The van der Waals surface area contributed by atoms with Crippen molar-refractivity contribution in [1.82, 2.24) is 14.7 Å². The minimum Gasteiger partial charge on any atom is -0.335 e. The zero-order valence-corrected chi connectivity index (χ0v) is 6.95. The minimum atomic E-state index is 0.127. The van der Waals surface area contributed by atoms with Crippen molar-refractivity contribution in [3.63, 3.8) is 0 Å². The van der Waals surface area contributed by atoms with Gasteiger partial charge >= 0.3 is 0 Å². The molecule has 2 rings (SSSR count). The van der Waals surface area contributed by atoms with Crippen LogP contribution in [-0.2, 0) is 17.9 Å². The summed E-state index contributed by atoms with van der Waals surface area (Å²) in [5.41, 5.74) is 1.07. The Morgan fingerprint density at radius 2 is 2.50 bits per heavy atom. The highest BCUT2D eigenvalue weighted by Gasteiger charge is 2.17. The average Bonchev–Trinajstić information content (AvgIpc) is 2.49. The van der Waals surface area contributed by atoms with Gasteiger partial charge < -0.3 is 4.90 Å². The lowest BCUT2D eigenvalue weighted by Crippen LogP contribution is -2.36. The van der Waals surface area contributed by atoms with E-state index in [1.807, 2.05) is 15.6 Å². The summed E-state index contributed by atoms with van der Waals surface area (Å²) in [6.07, 6.45) is 2.77. The molecule has 1 aliphatic heterocycles. The van der Waals surface area contributed by atoms with Crippen molar-refractivity contribution in [2.75, 3.05) is 6.54 Å². The largest absolute Gasteiger partial charge is 0.335 e. The normalized spacial score (nSPS) is 15.9. The predicted molar refractivity (Wildman–Crippen MR) is 42.2 cm³/mol. The smallest absolute Gasteiger partial charge is 0.219 e. The molecule has 0 saturated carbocycles. The third-order valence-corrected chi connectivity index (χ3v) is 2.12. The molecule has 2 heterocycles. The first-order valence-electron chi connectivity index (χ1n) is 3.95. The molecule has 0 unspecified atom stereocenters. The maximum absolute atomic E-state index is 11.0. The molecule has 1 radical (unpaired) electrons. The van der Waals surface area contributed by atoms with Crippen LogP contribution in [0.4, 0.5) is 0 Å². The van der Waals surface area contributed by atoms with Gasteiger partial charge in [0.2, 0.25) is 5.91 Å². The van der Waals surface area contributed by atoms with Crippen LogP contribution in [0.2, 0.25) is 0 Å². The van der Waals surface area contributed by atoms with Gasteiger partial charge in [-0.1, -0.05) is 0 Å². The standard InChI is InChI=1S/C8H10N3O/c1-7(12)10-4-5-11-8(6-10)2-3-9-11/h2H,4-6H2,1H3. The Kier molecular flexibility index (Phi) is 1.60. The fourth-order valence-electron chi connectivity index (χ4n) is 1.39. The van der Waals surface area contributed by atoms with Crippen LogP contribution in [0.5, 0.6) is 0 Å². The van der Waals surface area contributed by atoms with Crippen LogP contribution in [0, 0.1) is 6.20 Å². The molecular weight excluding hydrogens is 154 g/mol. The van der Waals surface area contributed by atoms with Crippen LogP contribution in [0.3, 0.4) is 0 Å². The minimum absolute atomic E-state index is 0.127. The average molecular weight is 164 g/mol. The van der Waals surface area contributed by atoms with Crippen molar-refractivity contribution in [3.05, 3.63) is 18.0 Å². The summed E-state index contributed by atoms with van der Waals surface area (Å²) in [5.74, 6) is 0.127. The Labute approximate surface area is 70.8 Å². The molecule has 0 saturated heterocycles. The molecule has 1 aromatic heterocycles. The second kappa shape index (κ2) is 2.62. The Bertz CT molecular complexity index is 305. The molecule has 0 spiro atoms. The van der Waals surface area contributed by atoms with E-state index in [0.717, 1.165) is 18.8 Å². The summed E-state index contributed by atoms with van der Waals surface area (Å²) in [7, 11) is 0. The number of carbonyl (C=O) groups excluding carboxylic acids is 1. The topological polar surface area (TPSA) is 38.1 Å². The number of hydrogen-bond acceptors (Lipinski definition) is 2. The van der Waals surface area contributed by atoms with E-state index in [4.69, 9.17) is 0 Å². The summed E-state index contributed by atoms with van der Waals surface area (Å²) in [5, 5.41) is 4.00. The molecule has 63 valence electrons. The van der Waals surface area contributed by atoms with Crippen LogP contribution in [0.15, 0.2) is 6.07 Å². The predicted octanol–water partition coefficient (Wildman–Crippen LogP) is 0.0454. The fourth-order valence-corrected chi connectivity index (χ4v) is 1.39. The van der Waals surface area contributed by atoms with E-state index in [0.29, 0.717) is 6.54 Å². The van der Waals surface area contributed by atoms with Crippen LogP contribution < -0.4 is 0 Å². The maximum Gasteiger partial charge on any atom is 0.219 e. The van der Waals surface area contributed by atoms with Gasteiger partial charge in [0, 0.05) is 13.5 Å². The Hall–Kier alpha value is -1.32. The highest BCUT2D eigenvalue weighted by molar-refractivity contribution is 5.73. The number of carbonyl (C=O) groups is 1. The van der Waals surface area contributed by atoms with Crippen molar-refractivity contribution >= 4 is 5.91 Å². The van der Waals surface area contributed by atoms with Gasteiger partial charge in [-0.15, -0.1) is 0 Å². The zero-order valence-electron chi connectivity index (χ0n) is 6.95. The second-order valence-corrected chi connectivity index (χ2v) is 2.93. The van der Waals surface area contributed by atoms with Gasteiger partial charge in [-0.25, -0.2) is 0 Å². The Morgan fingerprint density at radius 3 is 3.25 bits per heavy atom. The van der Waals surface area contributed by atoms with Crippen LogP contribution in [-0.4, -0.2) is 27.1 Å². The van der Waals surface area contributed by atoms with Gasteiger partial charge in [0.25, 0.3) is 0 Å². The van der Waals surface area contributed by atoms with E-state index in [1.165, 1.54) is 0 Å². The maximum atomic E-state index is 11.0. The summed E-state index contributed by atoms with van der Waals surface area (Å²) in [6.45, 7) is 3.82. The number of fused-ring (bicyclic) bond motifs is 1. The molecular formula is C8H10N3O. The zero-order chi connectivity index (χ0) is 8.55. The first-order valence-corrected chi connectivity index (χ1v) is 3.95. The van der Waals surface area contributed by atoms with E-state index in [-0.39, 0.29) is 5.91 Å². The second-order valence-electron chi connectivity index (χ2n) is 2.93. The molecule has 0 fully saturated rings. The van der Waals surface area contributed by atoms with E-state index >= 15 is 0 Å². The third kappa shape index (κ3) is 1.09. The molecule has 4 nitrogen and oxygen atoms in total. The van der Waals surface area contributed by atoms with Crippen molar-refractivity contribution < 1.29 is 4.79 Å². The van der Waals surface area contributed by atoms with E-state index in [2.05, 4.69) is 11.3 Å². The summed E-state index contributed by atoms with van der Waals surface area (Å²) in [4.78, 5) is 12.8. The molecule has 12 heavy (non-hydrogen) atoms. The summed E-state index contributed by atoms with van der Waals surface area (Å²) in [6, 6.07) is 1.83. The number of nitrogens with zero attached hydrogens (tertiary/aromatic N) is 3. The highest BCUT2D eigenvalue weighted by Crippen LogP contribution is 2.09. The van der Waals surface area contributed by atoms with E-state index in [9.17, 15) is 4.79 Å². The molecule has 0 aromatic carbocycles. The quantitative estimate of drug-likeness (QED) is 0.543. The third-order valence-electron chi connectivity index (χ3n) is 2.12. The van der Waals surface area contributed by atoms with Crippen LogP contribution in [0.25, 0.3) is 0 Å². The van der Waals surface area contributed by atoms with Crippen molar-refractivity contribution in [3.8, 4) is 0 Å². The van der Waals surface area contributed by atoms with Gasteiger partial charge in [0.05, 0.1) is 18.8 Å². The molecule has 1 amide bonds. The van der Waals surface area contributed by atoms with Gasteiger partial charge in [0.15, 0.2) is 0 Å². The first kappa shape index (κ1) is 7.34. The molecule has 0 aliphatic carbocycles. The van der Waals surface area contributed by atoms with E-state index in [1.54, 1.807) is 6.92 Å². The molecule has 1 aliphatic rings. The summed E-state index contributed by atoms with van der Waals surface area (Å²) >= 11 is 0. The van der Waals surface area contributed by atoms with Gasteiger partial charge in [-0.3, -0.25) is 9.48 Å². The van der Waals surface area contributed by atoms with Crippen molar-refractivity contribution in [2.45, 2.75) is 20.0 Å². The highest BCUT2D eigenvalue weighted by atomic mass is 16.2. The number of hydrogen-bond donors (Lipinski definition) is 0. The lowest BCUT2D eigenvalue weighted by atomic mass is 10.3.